The third-order valence-electron chi connectivity index (χ3n) is 6.43. The Hall–Kier alpha value is -4.63. The fourth-order valence-corrected chi connectivity index (χ4v) is 5.96. The van der Waals surface area contributed by atoms with Crippen LogP contribution in [0.3, 0.4) is 0 Å². The van der Waals surface area contributed by atoms with Crippen LogP contribution in [0.25, 0.3) is 11.0 Å². The first kappa shape index (κ1) is 31.8. The average molecular weight is 656 g/mol. The van der Waals surface area contributed by atoms with Crippen LogP contribution in [0.2, 0.25) is 0 Å². The summed E-state index contributed by atoms with van der Waals surface area (Å²) in [6.45, 7) is 0.374. The number of halogens is 3. The van der Waals surface area contributed by atoms with E-state index in [-0.39, 0.29) is 28.8 Å². The Morgan fingerprint density at radius 1 is 0.956 bits per heavy atom. The van der Waals surface area contributed by atoms with Crippen molar-refractivity contribution in [2.24, 2.45) is 7.05 Å². The molecule has 0 saturated carbocycles. The average Bonchev–Trinajstić information content (AvgIpc) is 3.24. The Bertz CT molecular complexity index is 1960. The molecule has 5 aromatic rings. The summed E-state index contributed by atoms with van der Waals surface area (Å²) in [5, 5.41) is 9.15. The minimum absolute atomic E-state index is 0.0155. The number of hydrogen-bond donors (Lipinski definition) is 3. The maximum absolute atomic E-state index is 12.7. The zero-order chi connectivity index (χ0) is 32.2. The molecule has 3 aromatic carbocycles. The molecule has 15 heteroatoms. The number of aromatic nitrogens is 4. The van der Waals surface area contributed by atoms with Gasteiger partial charge in [0, 0.05) is 35.8 Å². The summed E-state index contributed by atoms with van der Waals surface area (Å²) in [5.41, 5.74) is 0.224. The first-order valence-corrected chi connectivity index (χ1v) is 16.4. The second kappa shape index (κ2) is 13.2. The van der Waals surface area contributed by atoms with Crippen LogP contribution in [-0.4, -0.2) is 45.6 Å². The van der Waals surface area contributed by atoms with Gasteiger partial charge in [0.15, 0.2) is 9.84 Å². The summed E-state index contributed by atoms with van der Waals surface area (Å²) >= 11 is -0.223. The number of hydrogen-bond acceptors (Lipinski definition) is 9. The monoisotopic (exact) mass is 655 g/mol. The van der Waals surface area contributed by atoms with Gasteiger partial charge in [0.25, 0.3) is 0 Å². The van der Waals surface area contributed by atoms with Crippen LogP contribution in [0.5, 0.6) is 0 Å². The smallest absolute Gasteiger partial charge is 0.379 e. The maximum atomic E-state index is 12.7. The van der Waals surface area contributed by atoms with E-state index in [9.17, 15) is 26.4 Å². The number of carbonyl (C=O) groups excluding carboxylic acids is 1. The van der Waals surface area contributed by atoms with Crippen LogP contribution in [-0.2, 0) is 40.4 Å². The predicted octanol–water partition coefficient (Wildman–Crippen LogP) is 6.06. The lowest BCUT2D eigenvalue weighted by molar-refractivity contribution is -0.115. The molecule has 0 unspecified atom stereocenters. The van der Waals surface area contributed by atoms with E-state index >= 15 is 0 Å². The summed E-state index contributed by atoms with van der Waals surface area (Å²) in [6, 6.07) is 20.1. The van der Waals surface area contributed by atoms with Crippen LogP contribution in [0.1, 0.15) is 16.8 Å². The highest BCUT2D eigenvalue weighted by Gasteiger charge is 2.29. The minimum atomic E-state index is -4.41. The second-order valence-corrected chi connectivity index (χ2v) is 13.5. The number of alkyl halides is 3. The molecule has 0 fully saturated rings. The Morgan fingerprint density at radius 2 is 1.73 bits per heavy atom. The first-order chi connectivity index (χ1) is 21.3. The van der Waals surface area contributed by atoms with Gasteiger partial charge in [-0.25, -0.2) is 23.4 Å². The van der Waals surface area contributed by atoms with Gasteiger partial charge in [-0.2, -0.15) is 13.2 Å². The number of carbonyl (C=O) groups is 1. The number of sulfone groups is 1. The van der Waals surface area contributed by atoms with Gasteiger partial charge in [0.05, 0.1) is 35.4 Å². The van der Waals surface area contributed by atoms with Crippen molar-refractivity contribution >= 4 is 61.8 Å². The van der Waals surface area contributed by atoms with Crippen molar-refractivity contribution in [2.75, 3.05) is 22.2 Å². The number of anilines is 4. The van der Waals surface area contributed by atoms with Gasteiger partial charge in [-0.3, -0.25) is 10.1 Å². The normalized spacial score (nSPS) is 11.8. The Labute approximate surface area is 261 Å². The fraction of sp³-hybridized carbons (Fsp3) is 0.200. The standard InChI is InChI=1S/C30H28F3N7O3S2/c1-40-26-10-9-21(16-25(26)38-29(40)39-27(41)15-19-5-4-8-24(14-19)44-30(31,32)33)35-17-23-11-12-34-28(37-23)36-22-7-3-6-20(13-22)18-45(2,42)43/h3-14,16,35H,15,17-18H2,1-2H3,(H,34,36,37)(H,38,39,41). The van der Waals surface area contributed by atoms with Gasteiger partial charge in [-0.1, -0.05) is 24.3 Å². The summed E-state index contributed by atoms with van der Waals surface area (Å²) in [5.74, 6) is 0.192. The van der Waals surface area contributed by atoms with E-state index in [4.69, 9.17) is 0 Å². The number of nitrogens with zero attached hydrogens (tertiary/aromatic N) is 4. The van der Waals surface area contributed by atoms with Gasteiger partial charge in [0.1, 0.15) is 0 Å². The molecule has 5 rings (SSSR count). The number of rotatable bonds is 11. The summed E-state index contributed by atoms with van der Waals surface area (Å²) < 4.78 is 63.1. The first-order valence-electron chi connectivity index (χ1n) is 13.5. The number of aryl methyl sites for hydroxylation is 1. The lowest BCUT2D eigenvalue weighted by Crippen LogP contribution is -2.17. The minimum Gasteiger partial charge on any atom is -0.379 e. The van der Waals surface area contributed by atoms with E-state index in [2.05, 4.69) is 30.9 Å². The molecule has 0 aliphatic heterocycles. The summed E-state index contributed by atoms with van der Waals surface area (Å²) in [4.78, 5) is 26.0. The molecule has 0 aliphatic rings. The number of thioether (sulfide) groups is 1. The molecule has 45 heavy (non-hydrogen) atoms. The summed E-state index contributed by atoms with van der Waals surface area (Å²) in [7, 11) is -1.41. The zero-order valence-electron chi connectivity index (χ0n) is 24.1. The van der Waals surface area contributed by atoms with Crippen molar-refractivity contribution in [3.8, 4) is 0 Å². The van der Waals surface area contributed by atoms with Crippen molar-refractivity contribution in [2.45, 2.75) is 29.1 Å². The third-order valence-corrected chi connectivity index (χ3v) is 8.01. The van der Waals surface area contributed by atoms with E-state index in [1.807, 2.05) is 18.2 Å². The highest BCUT2D eigenvalue weighted by Crippen LogP contribution is 2.37. The van der Waals surface area contributed by atoms with Crippen LogP contribution in [0.15, 0.2) is 83.9 Å². The van der Waals surface area contributed by atoms with E-state index in [1.165, 1.54) is 24.5 Å². The van der Waals surface area contributed by atoms with Gasteiger partial charge >= 0.3 is 5.51 Å². The molecule has 0 saturated heterocycles. The van der Waals surface area contributed by atoms with E-state index in [0.717, 1.165) is 11.2 Å². The van der Waals surface area contributed by atoms with Crippen molar-refractivity contribution in [3.63, 3.8) is 0 Å². The number of benzene rings is 3. The Balaban J connectivity index is 1.21. The topological polar surface area (TPSA) is 131 Å². The summed E-state index contributed by atoms with van der Waals surface area (Å²) in [6.07, 6.45) is 2.70. The predicted molar refractivity (Wildman–Crippen MR) is 169 cm³/mol. The Kier molecular flexibility index (Phi) is 9.29. The molecule has 0 bridgehead atoms. The number of imidazole rings is 1. The van der Waals surface area contributed by atoms with E-state index in [1.54, 1.807) is 54.2 Å². The van der Waals surface area contributed by atoms with Crippen molar-refractivity contribution in [1.82, 2.24) is 19.5 Å². The lowest BCUT2D eigenvalue weighted by Gasteiger charge is -2.09. The van der Waals surface area contributed by atoms with Gasteiger partial charge in [0.2, 0.25) is 17.8 Å². The molecule has 0 aliphatic carbocycles. The molecule has 2 heterocycles. The van der Waals surface area contributed by atoms with Crippen LogP contribution >= 0.6 is 11.8 Å². The molecule has 0 spiro atoms. The zero-order valence-corrected chi connectivity index (χ0v) is 25.7. The molecular formula is C30H28F3N7O3S2. The molecule has 0 radical (unpaired) electrons. The molecule has 234 valence electrons. The maximum Gasteiger partial charge on any atom is 0.446 e. The van der Waals surface area contributed by atoms with E-state index < -0.39 is 21.3 Å². The van der Waals surface area contributed by atoms with Crippen molar-refractivity contribution < 1.29 is 26.4 Å². The third kappa shape index (κ3) is 9.18. The second-order valence-electron chi connectivity index (χ2n) is 10.2. The quantitative estimate of drug-likeness (QED) is 0.145. The number of amides is 1. The highest BCUT2D eigenvalue weighted by atomic mass is 32.2. The van der Waals surface area contributed by atoms with Gasteiger partial charge in [-0.05, 0) is 71.4 Å². The van der Waals surface area contributed by atoms with Gasteiger partial charge < -0.3 is 15.2 Å². The number of nitrogens with one attached hydrogen (secondary N) is 3. The molecule has 10 nitrogen and oxygen atoms in total. The Morgan fingerprint density at radius 3 is 2.51 bits per heavy atom. The van der Waals surface area contributed by atoms with Crippen LogP contribution < -0.4 is 16.0 Å². The number of fused-ring (bicyclic) bond motifs is 1. The SMILES string of the molecule is Cn1c(NC(=O)Cc2cccc(SC(F)(F)F)c2)nc2cc(NCc3ccnc(Nc4cccc(CS(C)(=O)=O)c4)n3)ccc21. The fourth-order valence-electron chi connectivity index (χ4n) is 4.55. The molecule has 1 amide bonds. The molecular weight excluding hydrogens is 628 g/mol. The molecule has 3 N–H and O–H groups in total. The highest BCUT2D eigenvalue weighted by molar-refractivity contribution is 8.00. The molecule has 2 aromatic heterocycles. The van der Waals surface area contributed by atoms with Gasteiger partial charge in [-0.15, -0.1) is 0 Å². The molecule has 0 atom stereocenters. The van der Waals surface area contributed by atoms with E-state index in [0.29, 0.717) is 46.5 Å². The van der Waals surface area contributed by atoms with Crippen molar-refractivity contribution in [1.29, 1.82) is 0 Å². The van der Waals surface area contributed by atoms with Crippen LogP contribution in [0.4, 0.5) is 36.4 Å². The van der Waals surface area contributed by atoms with Crippen molar-refractivity contribution in [3.05, 3.63) is 95.8 Å². The largest absolute Gasteiger partial charge is 0.446 e. The van der Waals surface area contributed by atoms with Crippen LogP contribution in [0, 0.1) is 0 Å². The lowest BCUT2D eigenvalue weighted by atomic mass is 10.1.